The van der Waals surface area contributed by atoms with Gasteiger partial charge in [0.15, 0.2) is 0 Å². The SMILES string of the molecule is O=C(/C=C/c1c(-c2ccc(F)cc2Cl)nc2sc(C(F)(F)F)nn12)NC1CC1. The van der Waals surface area contributed by atoms with Gasteiger partial charge in [-0.15, -0.1) is 5.10 Å². The van der Waals surface area contributed by atoms with Crippen LogP contribution in [-0.4, -0.2) is 26.5 Å². The number of rotatable bonds is 4. The molecule has 1 amide bonds. The van der Waals surface area contributed by atoms with E-state index in [1.165, 1.54) is 18.2 Å². The number of amides is 1. The fourth-order valence-corrected chi connectivity index (χ4v) is 3.57. The van der Waals surface area contributed by atoms with Crippen molar-refractivity contribution in [3.63, 3.8) is 0 Å². The molecule has 0 unspecified atom stereocenters. The summed E-state index contributed by atoms with van der Waals surface area (Å²) in [5, 5.41) is 5.29. The number of fused-ring (bicyclic) bond motifs is 1. The van der Waals surface area contributed by atoms with Gasteiger partial charge in [0.2, 0.25) is 15.9 Å². The van der Waals surface area contributed by atoms with E-state index in [2.05, 4.69) is 15.4 Å². The van der Waals surface area contributed by atoms with E-state index in [1.807, 2.05) is 0 Å². The summed E-state index contributed by atoms with van der Waals surface area (Å²) in [6, 6.07) is 3.74. The molecule has 0 aliphatic heterocycles. The van der Waals surface area contributed by atoms with Crippen molar-refractivity contribution in [1.82, 2.24) is 19.9 Å². The van der Waals surface area contributed by atoms with Gasteiger partial charge in [-0.1, -0.05) is 22.9 Å². The molecule has 4 rings (SSSR count). The van der Waals surface area contributed by atoms with Gasteiger partial charge >= 0.3 is 6.18 Å². The monoisotopic (exact) mass is 430 g/mol. The quantitative estimate of drug-likeness (QED) is 0.487. The molecule has 28 heavy (non-hydrogen) atoms. The van der Waals surface area contributed by atoms with E-state index in [0.717, 1.165) is 29.5 Å². The third-order valence-electron chi connectivity index (χ3n) is 3.98. The van der Waals surface area contributed by atoms with Gasteiger partial charge < -0.3 is 5.32 Å². The molecule has 11 heteroatoms. The van der Waals surface area contributed by atoms with Crippen LogP contribution in [0.4, 0.5) is 17.6 Å². The van der Waals surface area contributed by atoms with Crippen LogP contribution < -0.4 is 5.32 Å². The average molecular weight is 431 g/mol. The van der Waals surface area contributed by atoms with Crippen molar-refractivity contribution in [1.29, 1.82) is 0 Å². The number of alkyl halides is 3. The van der Waals surface area contributed by atoms with Crippen molar-refractivity contribution < 1.29 is 22.4 Å². The summed E-state index contributed by atoms with van der Waals surface area (Å²) in [7, 11) is 0. The smallest absolute Gasteiger partial charge is 0.350 e. The summed E-state index contributed by atoms with van der Waals surface area (Å²) >= 11 is 6.45. The van der Waals surface area contributed by atoms with E-state index in [0.29, 0.717) is 16.9 Å². The van der Waals surface area contributed by atoms with Crippen LogP contribution in [0.15, 0.2) is 24.3 Å². The molecule has 0 radical (unpaired) electrons. The largest absolute Gasteiger partial charge is 0.445 e. The lowest BCUT2D eigenvalue weighted by atomic mass is 10.1. The highest BCUT2D eigenvalue weighted by atomic mass is 35.5. The van der Waals surface area contributed by atoms with Crippen LogP contribution in [0.2, 0.25) is 5.02 Å². The Morgan fingerprint density at radius 3 is 2.75 bits per heavy atom. The van der Waals surface area contributed by atoms with Crippen molar-refractivity contribution in [2.45, 2.75) is 25.1 Å². The fourth-order valence-electron chi connectivity index (χ4n) is 2.54. The molecule has 5 nitrogen and oxygen atoms in total. The number of nitrogens with zero attached hydrogens (tertiary/aromatic N) is 3. The van der Waals surface area contributed by atoms with E-state index in [9.17, 15) is 22.4 Å². The molecule has 0 atom stereocenters. The molecule has 2 aromatic heterocycles. The standard InChI is InChI=1S/C17H11ClF4N4OS/c18-11-7-8(19)1-4-10(11)14-12(5-6-13(27)23-9-2-3-9)26-16(24-14)28-15(25-26)17(20,21)22/h1,4-7,9H,2-3H2,(H,23,27)/b6-5+. The number of halogens is 5. The average Bonchev–Trinajstić information content (AvgIpc) is 3.19. The molecule has 1 aliphatic carbocycles. The Morgan fingerprint density at radius 1 is 1.36 bits per heavy atom. The van der Waals surface area contributed by atoms with Crippen molar-refractivity contribution in [3.8, 4) is 11.3 Å². The molecule has 146 valence electrons. The molecule has 1 saturated carbocycles. The minimum absolute atomic E-state index is 0.0232. The number of benzene rings is 1. The predicted molar refractivity (Wildman–Crippen MR) is 96.5 cm³/mol. The first-order chi connectivity index (χ1) is 13.2. The second-order valence-corrected chi connectivity index (χ2v) is 7.55. The lowest BCUT2D eigenvalue weighted by Gasteiger charge is -2.04. The third-order valence-corrected chi connectivity index (χ3v) is 5.25. The molecule has 1 N–H and O–H groups in total. The van der Waals surface area contributed by atoms with Crippen LogP contribution in [0.1, 0.15) is 23.5 Å². The lowest BCUT2D eigenvalue weighted by Crippen LogP contribution is -2.22. The van der Waals surface area contributed by atoms with Gasteiger partial charge in [0, 0.05) is 17.7 Å². The zero-order valence-electron chi connectivity index (χ0n) is 13.9. The number of aromatic nitrogens is 3. The van der Waals surface area contributed by atoms with Crippen LogP contribution >= 0.6 is 22.9 Å². The first kappa shape index (κ1) is 18.9. The van der Waals surface area contributed by atoms with Gasteiger partial charge in [-0.3, -0.25) is 4.79 Å². The first-order valence-electron chi connectivity index (χ1n) is 8.13. The van der Waals surface area contributed by atoms with E-state index in [1.54, 1.807) is 0 Å². The van der Waals surface area contributed by atoms with E-state index in [4.69, 9.17) is 11.6 Å². The molecule has 1 aliphatic rings. The zero-order chi connectivity index (χ0) is 20.1. The van der Waals surface area contributed by atoms with Crippen LogP contribution in [0.3, 0.4) is 0 Å². The molecular weight excluding hydrogens is 420 g/mol. The molecule has 0 spiro atoms. The maximum Gasteiger partial charge on any atom is 0.445 e. The maximum absolute atomic E-state index is 13.4. The molecule has 1 fully saturated rings. The molecule has 0 bridgehead atoms. The van der Waals surface area contributed by atoms with Gasteiger partial charge in [-0.05, 0) is 37.1 Å². The minimum Gasteiger partial charge on any atom is -0.350 e. The van der Waals surface area contributed by atoms with Gasteiger partial charge in [0.25, 0.3) is 0 Å². The second kappa shape index (κ2) is 6.85. The van der Waals surface area contributed by atoms with Gasteiger partial charge in [-0.2, -0.15) is 13.2 Å². The summed E-state index contributed by atoms with van der Waals surface area (Å²) in [5.74, 6) is -0.937. The molecular formula is C17H11ClF4N4OS. The van der Waals surface area contributed by atoms with Gasteiger partial charge in [0.1, 0.15) is 11.5 Å². The molecule has 3 aromatic rings. The van der Waals surface area contributed by atoms with Crippen molar-refractivity contribution in [3.05, 3.63) is 45.8 Å². The summed E-state index contributed by atoms with van der Waals surface area (Å²) in [6.45, 7) is 0. The Hall–Kier alpha value is -2.46. The number of imidazole rings is 1. The topological polar surface area (TPSA) is 59.3 Å². The highest BCUT2D eigenvalue weighted by Crippen LogP contribution is 2.37. The van der Waals surface area contributed by atoms with Crippen LogP contribution in [0, 0.1) is 5.82 Å². The Kier molecular flexibility index (Phi) is 4.62. The third kappa shape index (κ3) is 3.74. The molecule has 2 heterocycles. The predicted octanol–water partition coefficient (Wildman–Crippen LogP) is 4.56. The van der Waals surface area contributed by atoms with Crippen molar-refractivity contribution in [2.75, 3.05) is 0 Å². The summed E-state index contributed by atoms with van der Waals surface area (Å²) in [4.78, 5) is 16.1. The molecule has 1 aromatic carbocycles. The maximum atomic E-state index is 13.4. The van der Waals surface area contributed by atoms with Crippen molar-refractivity contribution >= 4 is 39.9 Å². The van der Waals surface area contributed by atoms with E-state index < -0.39 is 17.0 Å². The van der Waals surface area contributed by atoms with E-state index >= 15 is 0 Å². The number of carbonyl (C=O) groups excluding carboxylic acids is 1. The van der Waals surface area contributed by atoms with Crippen LogP contribution in [-0.2, 0) is 11.0 Å². The molecule has 0 saturated heterocycles. The Balaban J connectivity index is 1.82. The van der Waals surface area contributed by atoms with Crippen LogP contribution in [0.25, 0.3) is 22.3 Å². The van der Waals surface area contributed by atoms with Gasteiger partial charge in [-0.25, -0.2) is 13.9 Å². The first-order valence-corrected chi connectivity index (χ1v) is 9.32. The van der Waals surface area contributed by atoms with Crippen LogP contribution in [0.5, 0.6) is 0 Å². The van der Waals surface area contributed by atoms with Gasteiger partial charge in [0.05, 0.1) is 10.7 Å². The van der Waals surface area contributed by atoms with Crippen molar-refractivity contribution in [2.24, 2.45) is 0 Å². The number of nitrogens with one attached hydrogen (secondary N) is 1. The Morgan fingerprint density at radius 2 is 2.11 bits per heavy atom. The zero-order valence-corrected chi connectivity index (χ0v) is 15.5. The number of hydrogen-bond donors (Lipinski definition) is 1. The Labute approximate surface area is 164 Å². The second-order valence-electron chi connectivity index (χ2n) is 6.19. The lowest BCUT2D eigenvalue weighted by molar-refractivity contribution is -0.138. The van der Waals surface area contributed by atoms with E-state index in [-0.39, 0.29) is 33.3 Å². The Bertz CT molecular complexity index is 1100. The number of hydrogen-bond acceptors (Lipinski definition) is 4. The highest BCUT2D eigenvalue weighted by molar-refractivity contribution is 7.16. The fraction of sp³-hybridized carbons (Fsp3) is 0.235. The summed E-state index contributed by atoms with van der Waals surface area (Å²) in [6.07, 6.45) is -0.298. The highest BCUT2D eigenvalue weighted by Gasteiger charge is 2.36. The number of carbonyl (C=O) groups is 1. The summed E-state index contributed by atoms with van der Waals surface area (Å²) in [5.41, 5.74) is 0.658. The minimum atomic E-state index is -4.62. The normalized spacial score (nSPS) is 14.9. The summed E-state index contributed by atoms with van der Waals surface area (Å²) < 4.78 is 53.3.